The Labute approximate surface area is 128 Å². The summed E-state index contributed by atoms with van der Waals surface area (Å²) in [5.41, 5.74) is -0.418. The lowest BCUT2D eigenvalue weighted by Gasteiger charge is -2.47. The fraction of sp³-hybridized carbons (Fsp3) is 0.562. The molecule has 2 atom stereocenters. The van der Waals surface area contributed by atoms with Gasteiger partial charge in [0.2, 0.25) is 0 Å². The number of hydrogen-bond donors (Lipinski definition) is 1. The van der Waals surface area contributed by atoms with Crippen LogP contribution in [0.25, 0.3) is 0 Å². The van der Waals surface area contributed by atoms with Gasteiger partial charge in [0, 0.05) is 19.0 Å². The molecule has 1 N–H and O–H groups in total. The number of benzene rings is 1. The third-order valence-electron chi connectivity index (χ3n) is 4.90. The zero-order valence-corrected chi connectivity index (χ0v) is 12.6. The minimum atomic E-state index is -0.624. The van der Waals surface area contributed by atoms with E-state index >= 15 is 0 Å². The van der Waals surface area contributed by atoms with Crippen molar-refractivity contribution >= 4 is 17.5 Å². The number of aliphatic hydroxyl groups is 1. The molecule has 3 rings (SSSR count). The van der Waals surface area contributed by atoms with E-state index in [0.29, 0.717) is 19.5 Å². The van der Waals surface area contributed by atoms with E-state index in [0.717, 1.165) is 25.7 Å². The van der Waals surface area contributed by atoms with Gasteiger partial charge in [-0.25, -0.2) is 4.39 Å². The van der Waals surface area contributed by atoms with Gasteiger partial charge in [-0.1, -0.05) is 30.5 Å². The number of halogens is 2. The van der Waals surface area contributed by atoms with Crippen molar-refractivity contribution in [3.05, 3.63) is 34.6 Å². The van der Waals surface area contributed by atoms with Crippen molar-refractivity contribution in [2.24, 2.45) is 5.92 Å². The normalized spacial score (nSPS) is 29.1. The van der Waals surface area contributed by atoms with Gasteiger partial charge in [-0.3, -0.25) is 4.79 Å². The van der Waals surface area contributed by atoms with Crippen LogP contribution in [-0.2, 0) is 0 Å². The zero-order chi connectivity index (χ0) is 15.0. The van der Waals surface area contributed by atoms with Crippen LogP contribution in [0, 0.1) is 11.7 Å². The average molecular weight is 312 g/mol. The van der Waals surface area contributed by atoms with E-state index in [4.69, 9.17) is 11.6 Å². The van der Waals surface area contributed by atoms with Gasteiger partial charge < -0.3 is 10.0 Å². The Bertz CT molecular complexity index is 565. The monoisotopic (exact) mass is 311 g/mol. The lowest BCUT2D eigenvalue weighted by Crippen LogP contribution is -2.54. The summed E-state index contributed by atoms with van der Waals surface area (Å²) >= 11 is 5.90. The molecule has 1 aromatic carbocycles. The molecule has 0 radical (unpaired) electrons. The third kappa shape index (κ3) is 2.67. The second-order valence-electron chi connectivity index (χ2n) is 6.15. The molecular formula is C16H19ClFNO2. The van der Waals surface area contributed by atoms with Gasteiger partial charge in [-0.05, 0) is 31.4 Å². The Morgan fingerprint density at radius 1 is 1.38 bits per heavy atom. The average Bonchev–Trinajstić information content (AvgIpc) is 2.48. The molecule has 1 aliphatic heterocycles. The highest BCUT2D eigenvalue weighted by atomic mass is 35.5. The molecule has 0 bridgehead atoms. The summed E-state index contributed by atoms with van der Waals surface area (Å²) in [6.07, 6.45) is 4.50. The van der Waals surface area contributed by atoms with Crippen LogP contribution in [0.3, 0.4) is 0 Å². The first-order valence-corrected chi connectivity index (χ1v) is 7.85. The smallest absolute Gasteiger partial charge is 0.255 e. The van der Waals surface area contributed by atoms with Gasteiger partial charge in [-0.15, -0.1) is 0 Å². The third-order valence-corrected chi connectivity index (χ3v) is 5.28. The number of amides is 1. The summed E-state index contributed by atoms with van der Waals surface area (Å²) in [5, 5.41) is 10.5. The van der Waals surface area contributed by atoms with E-state index in [9.17, 15) is 14.3 Å². The van der Waals surface area contributed by atoms with E-state index < -0.39 is 11.4 Å². The topological polar surface area (TPSA) is 40.5 Å². The van der Waals surface area contributed by atoms with Crippen LogP contribution >= 0.6 is 11.6 Å². The molecule has 2 aliphatic rings. The molecule has 3 nitrogen and oxygen atoms in total. The van der Waals surface area contributed by atoms with Gasteiger partial charge >= 0.3 is 0 Å². The highest BCUT2D eigenvalue weighted by molar-refractivity contribution is 6.34. The molecular weight excluding hydrogens is 293 g/mol. The van der Waals surface area contributed by atoms with Crippen molar-refractivity contribution in [1.82, 2.24) is 4.90 Å². The fourth-order valence-electron chi connectivity index (χ4n) is 3.59. The minimum Gasteiger partial charge on any atom is -0.389 e. The van der Waals surface area contributed by atoms with Crippen LogP contribution in [0.2, 0.25) is 5.02 Å². The van der Waals surface area contributed by atoms with Crippen molar-refractivity contribution < 1.29 is 14.3 Å². The Hall–Kier alpha value is -1.13. The SMILES string of the molecule is O=C(c1cccc(F)c1Cl)N1CCC2(O)CCCCC2C1. The number of carbonyl (C=O) groups excluding carboxylic acids is 1. The first-order valence-electron chi connectivity index (χ1n) is 7.47. The maximum absolute atomic E-state index is 13.5. The molecule has 1 heterocycles. The van der Waals surface area contributed by atoms with Crippen LogP contribution in [0.4, 0.5) is 4.39 Å². The quantitative estimate of drug-likeness (QED) is 0.865. The number of nitrogens with zero attached hydrogens (tertiary/aromatic N) is 1. The summed E-state index contributed by atoms with van der Waals surface area (Å²) in [6, 6.07) is 4.29. The molecule has 0 spiro atoms. The number of piperidine rings is 1. The van der Waals surface area contributed by atoms with Crippen molar-refractivity contribution in [3.63, 3.8) is 0 Å². The molecule has 1 aliphatic carbocycles. The first-order chi connectivity index (χ1) is 10.0. The molecule has 1 aromatic rings. The standard InChI is InChI=1S/C16H19ClFNO2/c17-14-12(5-3-6-13(14)18)15(20)19-9-8-16(21)7-2-1-4-11(16)10-19/h3,5-6,11,21H,1-2,4,7-10H2. The number of carbonyl (C=O) groups is 1. The number of rotatable bonds is 1. The molecule has 21 heavy (non-hydrogen) atoms. The molecule has 0 aromatic heterocycles. The summed E-state index contributed by atoms with van der Waals surface area (Å²) in [6.45, 7) is 1.03. The van der Waals surface area contributed by atoms with Crippen molar-refractivity contribution in [1.29, 1.82) is 0 Å². The molecule has 1 amide bonds. The Kier molecular flexibility index (Phi) is 3.93. The number of hydrogen-bond acceptors (Lipinski definition) is 2. The van der Waals surface area contributed by atoms with Gasteiger partial charge in [0.1, 0.15) is 5.82 Å². The second-order valence-corrected chi connectivity index (χ2v) is 6.53. The lowest BCUT2D eigenvalue weighted by molar-refractivity contribution is -0.0886. The predicted molar refractivity (Wildman–Crippen MR) is 78.8 cm³/mol. The summed E-state index contributed by atoms with van der Waals surface area (Å²) in [5.74, 6) is -0.697. The van der Waals surface area contributed by atoms with Gasteiger partial charge in [-0.2, -0.15) is 0 Å². The molecule has 114 valence electrons. The largest absolute Gasteiger partial charge is 0.389 e. The number of fused-ring (bicyclic) bond motifs is 1. The Balaban J connectivity index is 1.79. The van der Waals surface area contributed by atoms with Crippen molar-refractivity contribution in [3.8, 4) is 0 Å². The Morgan fingerprint density at radius 2 is 2.19 bits per heavy atom. The summed E-state index contributed by atoms with van der Waals surface area (Å²) in [4.78, 5) is 14.2. The highest BCUT2D eigenvalue weighted by Crippen LogP contribution is 2.40. The van der Waals surface area contributed by atoms with E-state index in [1.165, 1.54) is 12.1 Å². The van der Waals surface area contributed by atoms with E-state index in [-0.39, 0.29) is 22.4 Å². The Morgan fingerprint density at radius 3 is 3.00 bits per heavy atom. The summed E-state index contributed by atoms with van der Waals surface area (Å²) < 4.78 is 13.5. The van der Waals surface area contributed by atoms with Gasteiger partial charge in [0.25, 0.3) is 5.91 Å². The fourth-order valence-corrected chi connectivity index (χ4v) is 3.80. The maximum atomic E-state index is 13.5. The second kappa shape index (κ2) is 5.58. The predicted octanol–water partition coefficient (Wildman–Crippen LogP) is 3.25. The molecule has 1 saturated carbocycles. The maximum Gasteiger partial charge on any atom is 0.255 e. The molecule has 2 fully saturated rings. The van der Waals surface area contributed by atoms with Crippen LogP contribution < -0.4 is 0 Å². The molecule has 1 saturated heterocycles. The molecule has 2 unspecified atom stereocenters. The van der Waals surface area contributed by atoms with Crippen LogP contribution in [0.5, 0.6) is 0 Å². The minimum absolute atomic E-state index is 0.119. The van der Waals surface area contributed by atoms with Gasteiger partial charge in [0.15, 0.2) is 0 Å². The van der Waals surface area contributed by atoms with Crippen molar-refractivity contribution in [2.45, 2.75) is 37.7 Å². The van der Waals surface area contributed by atoms with E-state index in [1.54, 1.807) is 11.0 Å². The van der Waals surface area contributed by atoms with Crippen molar-refractivity contribution in [2.75, 3.05) is 13.1 Å². The zero-order valence-electron chi connectivity index (χ0n) is 11.8. The first kappa shape index (κ1) is 14.8. The van der Waals surface area contributed by atoms with Gasteiger partial charge in [0.05, 0.1) is 16.2 Å². The van der Waals surface area contributed by atoms with E-state index in [2.05, 4.69) is 0 Å². The van der Waals surface area contributed by atoms with Crippen LogP contribution in [-0.4, -0.2) is 34.6 Å². The molecule has 5 heteroatoms. The van der Waals surface area contributed by atoms with Crippen LogP contribution in [0.15, 0.2) is 18.2 Å². The number of likely N-dealkylation sites (tertiary alicyclic amines) is 1. The summed E-state index contributed by atoms with van der Waals surface area (Å²) in [7, 11) is 0. The lowest BCUT2D eigenvalue weighted by atomic mass is 9.71. The van der Waals surface area contributed by atoms with Crippen LogP contribution in [0.1, 0.15) is 42.5 Å². The van der Waals surface area contributed by atoms with E-state index in [1.807, 2.05) is 0 Å². The highest BCUT2D eigenvalue weighted by Gasteiger charge is 2.43.